The van der Waals surface area contributed by atoms with Gasteiger partial charge >= 0.3 is 0 Å². The van der Waals surface area contributed by atoms with E-state index in [9.17, 15) is 4.79 Å². The number of nitrogens with zero attached hydrogens (tertiary/aromatic N) is 2. The number of hydrogen-bond acceptors (Lipinski definition) is 6. The molecule has 3 aromatic carbocycles. The van der Waals surface area contributed by atoms with Crippen LogP contribution in [-0.4, -0.2) is 29.8 Å². The normalized spacial score (nSPS) is 11.2. The van der Waals surface area contributed by atoms with Gasteiger partial charge in [-0.25, -0.2) is 0 Å². The first kappa shape index (κ1) is 23.0. The summed E-state index contributed by atoms with van der Waals surface area (Å²) in [5, 5.41) is 11.2. The van der Waals surface area contributed by atoms with Gasteiger partial charge in [0.05, 0.1) is 7.11 Å². The molecule has 7 nitrogen and oxygen atoms in total. The second-order valence-electron chi connectivity index (χ2n) is 8.83. The molecular weight excluding hydrogens is 430 g/mol. The Morgan fingerprint density at radius 3 is 2.18 bits per heavy atom. The number of anilines is 1. The molecule has 0 aliphatic heterocycles. The maximum atomic E-state index is 12.3. The average molecular weight is 458 g/mol. The number of ether oxygens (including phenoxy) is 2. The van der Waals surface area contributed by atoms with Gasteiger partial charge in [0, 0.05) is 16.8 Å². The third kappa shape index (κ3) is 5.61. The van der Waals surface area contributed by atoms with E-state index in [1.165, 1.54) is 5.56 Å². The molecule has 0 bridgehead atoms. The molecule has 1 N–H and O–H groups in total. The number of hydrogen-bond donors (Lipinski definition) is 1. The van der Waals surface area contributed by atoms with E-state index in [2.05, 4.69) is 48.4 Å². The van der Waals surface area contributed by atoms with Gasteiger partial charge in [0.15, 0.2) is 6.61 Å². The van der Waals surface area contributed by atoms with Gasteiger partial charge in [-0.1, -0.05) is 39.0 Å². The Morgan fingerprint density at radius 1 is 0.882 bits per heavy atom. The second-order valence-corrected chi connectivity index (χ2v) is 8.83. The van der Waals surface area contributed by atoms with Crippen LogP contribution >= 0.6 is 0 Å². The first-order valence-electron chi connectivity index (χ1n) is 10.9. The van der Waals surface area contributed by atoms with Crippen LogP contribution in [0.5, 0.6) is 11.5 Å². The van der Waals surface area contributed by atoms with Crippen molar-refractivity contribution in [2.45, 2.75) is 26.2 Å². The third-order valence-corrected chi connectivity index (χ3v) is 5.25. The topological polar surface area (TPSA) is 86.5 Å². The average Bonchev–Trinajstić information content (AvgIpc) is 3.33. The standard InChI is InChI=1S/C27H27N3O4/c1-27(2,3)20-10-8-18(9-11-20)25-29-30-26(34-25)19-6-5-7-21(16-19)28-24(31)17-33-23-14-12-22(32-4)13-15-23/h5-16H,17H2,1-4H3,(H,28,31). The van der Waals surface area contributed by atoms with Crippen LogP contribution in [-0.2, 0) is 10.2 Å². The summed E-state index contributed by atoms with van der Waals surface area (Å²) in [6.45, 7) is 6.39. The van der Waals surface area contributed by atoms with Gasteiger partial charge in [-0.15, -0.1) is 10.2 Å². The first-order valence-corrected chi connectivity index (χ1v) is 10.9. The molecule has 4 aromatic rings. The molecule has 4 rings (SSSR count). The predicted octanol–water partition coefficient (Wildman–Crippen LogP) is 5.73. The Labute approximate surface area is 198 Å². The van der Waals surface area contributed by atoms with Crippen molar-refractivity contribution in [3.63, 3.8) is 0 Å². The lowest BCUT2D eigenvalue weighted by atomic mass is 9.87. The van der Waals surface area contributed by atoms with E-state index in [0.717, 1.165) is 11.3 Å². The van der Waals surface area contributed by atoms with E-state index in [1.807, 2.05) is 24.3 Å². The summed E-state index contributed by atoms with van der Waals surface area (Å²) >= 11 is 0. The molecule has 1 amide bonds. The highest BCUT2D eigenvalue weighted by molar-refractivity contribution is 5.92. The summed E-state index contributed by atoms with van der Waals surface area (Å²) < 4.78 is 16.5. The molecule has 34 heavy (non-hydrogen) atoms. The number of aromatic nitrogens is 2. The van der Waals surface area contributed by atoms with E-state index in [1.54, 1.807) is 43.5 Å². The van der Waals surface area contributed by atoms with Gasteiger partial charge in [-0.3, -0.25) is 4.79 Å². The van der Waals surface area contributed by atoms with E-state index in [0.29, 0.717) is 28.8 Å². The summed E-state index contributed by atoms with van der Waals surface area (Å²) in [5.74, 6) is 1.84. The number of amides is 1. The van der Waals surface area contributed by atoms with Gasteiger partial charge < -0.3 is 19.2 Å². The summed E-state index contributed by atoms with van der Waals surface area (Å²) in [4.78, 5) is 12.3. The lowest BCUT2D eigenvalue weighted by molar-refractivity contribution is -0.118. The molecule has 0 saturated carbocycles. The van der Waals surface area contributed by atoms with Crippen molar-refractivity contribution >= 4 is 11.6 Å². The highest BCUT2D eigenvalue weighted by atomic mass is 16.5. The first-order chi connectivity index (χ1) is 16.3. The van der Waals surface area contributed by atoms with Crippen molar-refractivity contribution in [3.8, 4) is 34.4 Å². The summed E-state index contributed by atoms with van der Waals surface area (Å²) in [5.41, 5.74) is 3.47. The van der Waals surface area contributed by atoms with Crippen LogP contribution in [0.2, 0.25) is 0 Å². The largest absolute Gasteiger partial charge is 0.497 e. The van der Waals surface area contributed by atoms with Crippen molar-refractivity contribution in [1.82, 2.24) is 10.2 Å². The number of carbonyl (C=O) groups excluding carboxylic acids is 1. The molecule has 0 spiro atoms. The zero-order valence-electron chi connectivity index (χ0n) is 19.7. The van der Waals surface area contributed by atoms with Crippen LogP contribution in [0.3, 0.4) is 0 Å². The zero-order chi connectivity index (χ0) is 24.1. The molecule has 0 aliphatic rings. The van der Waals surface area contributed by atoms with Crippen LogP contribution in [0.25, 0.3) is 22.9 Å². The molecule has 0 saturated heterocycles. The molecule has 0 unspecified atom stereocenters. The van der Waals surface area contributed by atoms with E-state index in [-0.39, 0.29) is 17.9 Å². The van der Waals surface area contributed by atoms with E-state index >= 15 is 0 Å². The Hall–Kier alpha value is -4.13. The fraction of sp³-hybridized carbons (Fsp3) is 0.222. The minimum atomic E-state index is -0.280. The van der Waals surface area contributed by atoms with Crippen molar-refractivity contribution in [1.29, 1.82) is 0 Å². The van der Waals surface area contributed by atoms with E-state index < -0.39 is 0 Å². The van der Waals surface area contributed by atoms with Crippen LogP contribution in [0.4, 0.5) is 5.69 Å². The van der Waals surface area contributed by atoms with Crippen LogP contribution in [0.1, 0.15) is 26.3 Å². The minimum Gasteiger partial charge on any atom is -0.497 e. The third-order valence-electron chi connectivity index (χ3n) is 5.25. The molecule has 0 fully saturated rings. The Bertz CT molecular complexity index is 1260. The number of rotatable bonds is 7. The molecule has 174 valence electrons. The fourth-order valence-corrected chi connectivity index (χ4v) is 3.32. The lowest BCUT2D eigenvalue weighted by Gasteiger charge is -2.18. The lowest BCUT2D eigenvalue weighted by Crippen LogP contribution is -2.20. The molecule has 0 radical (unpaired) electrons. The van der Waals surface area contributed by atoms with Gasteiger partial charge in [0.2, 0.25) is 11.8 Å². The molecule has 7 heteroatoms. The number of methoxy groups -OCH3 is 1. The molecule has 0 atom stereocenters. The minimum absolute atomic E-state index is 0.0725. The highest BCUT2D eigenvalue weighted by Gasteiger charge is 2.15. The number of carbonyl (C=O) groups is 1. The fourth-order valence-electron chi connectivity index (χ4n) is 3.32. The van der Waals surface area contributed by atoms with Crippen molar-refractivity contribution in [3.05, 3.63) is 78.4 Å². The number of benzene rings is 3. The van der Waals surface area contributed by atoms with Gasteiger partial charge in [0.25, 0.3) is 5.91 Å². The quantitative estimate of drug-likeness (QED) is 0.382. The number of nitrogens with one attached hydrogen (secondary N) is 1. The van der Waals surface area contributed by atoms with Crippen molar-refractivity contribution < 1.29 is 18.7 Å². The Kier molecular flexibility index (Phi) is 6.63. The van der Waals surface area contributed by atoms with Crippen molar-refractivity contribution in [2.75, 3.05) is 19.0 Å². The molecule has 0 aliphatic carbocycles. The summed E-state index contributed by atoms with van der Waals surface area (Å²) in [6, 6.07) is 22.4. The summed E-state index contributed by atoms with van der Waals surface area (Å²) in [6.07, 6.45) is 0. The van der Waals surface area contributed by atoms with Crippen LogP contribution < -0.4 is 14.8 Å². The van der Waals surface area contributed by atoms with E-state index in [4.69, 9.17) is 13.9 Å². The predicted molar refractivity (Wildman–Crippen MR) is 131 cm³/mol. The van der Waals surface area contributed by atoms with Crippen molar-refractivity contribution in [2.24, 2.45) is 0 Å². The highest BCUT2D eigenvalue weighted by Crippen LogP contribution is 2.28. The smallest absolute Gasteiger partial charge is 0.262 e. The summed E-state index contributed by atoms with van der Waals surface area (Å²) in [7, 11) is 1.59. The Balaban J connectivity index is 1.40. The Morgan fingerprint density at radius 2 is 1.53 bits per heavy atom. The SMILES string of the molecule is COc1ccc(OCC(=O)Nc2cccc(-c3nnc(-c4ccc(C(C)(C)C)cc4)o3)c2)cc1. The van der Waals surface area contributed by atoms with Crippen LogP contribution in [0.15, 0.2) is 77.2 Å². The van der Waals surface area contributed by atoms with Gasteiger partial charge in [-0.2, -0.15) is 0 Å². The maximum absolute atomic E-state index is 12.3. The monoisotopic (exact) mass is 457 g/mol. The van der Waals surface area contributed by atoms with Gasteiger partial charge in [0.1, 0.15) is 11.5 Å². The molecule has 1 aromatic heterocycles. The maximum Gasteiger partial charge on any atom is 0.262 e. The zero-order valence-corrected chi connectivity index (χ0v) is 19.7. The van der Waals surface area contributed by atoms with Crippen LogP contribution in [0, 0.1) is 0 Å². The second kappa shape index (κ2) is 9.79. The molecular formula is C27H27N3O4. The molecule has 1 heterocycles. The van der Waals surface area contributed by atoms with Gasteiger partial charge in [-0.05, 0) is 65.6 Å².